The van der Waals surface area contributed by atoms with Crippen LogP contribution in [0.1, 0.15) is 18.1 Å². The van der Waals surface area contributed by atoms with Gasteiger partial charge in [0, 0.05) is 39.3 Å². The summed E-state index contributed by atoms with van der Waals surface area (Å²) >= 11 is 0. The Hall–Kier alpha value is -0.900. The zero-order valence-corrected chi connectivity index (χ0v) is 10.6. The minimum Gasteiger partial charge on any atom is -0.380 e. The molecular formula is C14H22N2O. The Morgan fingerprint density at radius 1 is 1.18 bits per heavy atom. The molecule has 1 aromatic carbocycles. The first-order chi connectivity index (χ1) is 8.40. The van der Waals surface area contributed by atoms with Gasteiger partial charge in [-0.15, -0.1) is 0 Å². The maximum absolute atomic E-state index is 5.28. The van der Waals surface area contributed by atoms with Gasteiger partial charge in [0.2, 0.25) is 0 Å². The Kier molecular flexibility index (Phi) is 4.98. The van der Waals surface area contributed by atoms with Crippen LogP contribution < -0.4 is 5.32 Å². The fraction of sp³-hybridized carbons (Fsp3) is 0.571. The van der Waals surface area contributed by atoms with Gasteiger partial charge in [-0.3, -0.25) is 4.90 Å². The van der Waals surface area contributed by atoms with Crippen LogP contribution in [0.3, 0.4) is 0 Å². The van der Waals surface area contributed by atoms with Gasteiger partial charge in [0.05, 0.1) is 6.61 Å². The Morgan fingerprint density at radius 3 is 2.53 bits per heavy atom. The Labute approximate surface area is 104 Å². The topological polar surface area (TPSA) is 24.5 Å². The van der Waals surface area contributed by atoms with Gasteiger partial charge in [0.15, 0.2) is 0 Å². The zero-order valence-electron chi connectivity index (χ0n) is 10.6. The van der Waals surface area contributed by atoms with E-state index in [9.17, 15) is 0 Å². The molecule has 0 amide bonds. The van der Waals surface area contributed by atoms with E-state index in [-0.39, 0.29) is 0 Å². The molecule has 1 N–H and O–H groups in total. The Balaban J connectivity index is 1.60. The van der Waals surface area contributed by atoms with Crippen LogP contribution in [0, 0.1) is 0 Å². The van der Waals surface area contributed by atoms with Crippen molar-refractivity contribution in [3.8, 4) is 0 Å². The van der Waals surface area contributed by atoms with Crippen LogP contribution in [-0.4, -0.2) is 37.7 Å². The van der Waals surface area contributed by atoms with Gasteiger partial charge in [0.25, 0.3) is 0 Å². The van der Waals surface area contributed by atoms with Crippen LogP contribution in [0.2, 0.25) is 0 Å². The molecule has 1 aliphatic heterocycles. The second kappa shape index (κ2) is 6.74. The molecule has 0 aliphatic carbocycles. The van der Waals surface area contributed by atoms with Gasteiger partial charge in [-0.05, 0) is 18.1 Å². The summed E-state index contributed by atoms with van der Waals surface area (Å²) in [6.45, 7) is 8.96. The lowest BCUT2D eigenvalue weighted by Gasteiger charge is -2.14. The summed E-state index contributed by atoms with van der Waals surface area (Å²) < 4.78 is 5.28. The largest absolute Gasteiger partial charge is 0.380 e. The second-order valence-electron chi connectivity index (χ2n) is 4.43. The number of ether oxygens (including phenoxy) is 1. The van der Waals surface area contributed by atoms with Gasteiger partial charge in [0.1, 0.15) is 0 Å². The third-order valence-corrected chi connectivity index (χ3v) is 3.14. The molecule has 0 unspecified atom stereocenters. The van der Waals surface area contributed by atoms with Crippen LogP contribution in [-0.2, 0) is 17.8 Å². The van der Waals surface area contributed by atoms with Gasteiger partial charge < -0.3 is 10.1 Å². The normalized spacial score (nSPS) is 15.1. The number of benzene rings is 1. The number of nitrogens with one attached hydrogen (secondary N) is 1. The summed E-state index contributed by atoms with van der Waals surface area (Å²) in [5.41, 5.74) is 2.98. The van der Waals surface area contributed by atoms with Crippen molar-refractivity contribution in [1.29, 1.82) is 0 Å². The van der Waals surface area contributed by atoms with E-state index in [4.69, 9.17) is 4.74 Å². The standard InChI is InChI=1S/C14H22N2O/c1-2-17-10-8-15-7-9-16-11-13-5-3-4-6-14(13)12-16/h3-6,15H,2,7-12H2,1H3. The molecule has 0 bridgehead atoms. The van der Waals surface area contributed by atoms with Gasteiger partial charge >= 0.3 is 0 Å². The van der Waals surface area contributed by atoms with Crippen molar-refractivity contribution in [3.05, 3.63) is 35.4 Å². The maximum Gasteiger partial charge on any atom is 0.0590 e. The van der Waals surface area contributed by atoms with Crippen molar-refractivity contribution >= 4 is 0 Å². The molecule has 94 valence electrons. The first-order valence-electron chi connectivity index (χ1n) is 6.47. The van der Waals surface area contributed by atoms with Crippen molar-refractivity contribution in [2.24, 2.45) is 0 Å². The molecule has 3 heteroatoms. The first kappa shape index (κ1) is 12.6. The second-order valence-corrected chi connectivity index (χ2v) is 4.43. The van der Waals surface area contributed by atoms with Crippen molar-refractivity contribution in [1.82, 2.24) is 10.2 Å². The summed E-state index contributed by atoms with van der Waals surface area (Å²) in [4.78, 5) is 2.48. The number of hydrogen-bond donors (Lipinski definition) is 1. The minimum absolute atomic E-state index is 0.809. The molecule has 1 heterocycles. The van der Waals surface area contributed by atoms with E-state index in [1.807, 2.05) is 6.92 Å². The van der Waals surface area contributed by atoms with Crippen LogP contribution >= 0.6 is 0 Å². The van der Waals surface area contributed by atoms with Crippen molar-refractivity contribution in [2.75, 3.05) is 32.8 Å². The molecule has 1 aromatic rings. The van der Waals surface area contributed by atoms with Gasteiger partial charge in [-0.1, -0.05) is 24.3 Å². The third-order valence-electron chi connectivity index (χ3n) is 3.14. The fourth-order valence-electron chi connectivity index (χ4n) is 2.21. The minimum atomic E-state index is 0.809. The van der Waals surface area contributed by atoms with E-state index in [0.29, 0.717) is 0 Å². The maximum atomic E-state index is 5.28. The zero-order chi connectivity index (χ0) is 11.9. The molecule has 0 saturated heterocycles. The molecule has 1 aliphatic rings. The lowest BCUT2D eigenvalue weighted by atomic mass is 10.1. The Bertz CT molecular complexity index is 316. The third kappa shape index (κ3) is 3.80. The highest BCUT2D eigenvalue weighted by Gasteiger charge is 2.16. The average Bonchev–Trinajstić information content (AvgIpc) is 2.76. The smallest absolute Gasteiger partial charge is 0.0590 e. The number of rotatable bonds is 7. The quantitative estimate of drug-likeness (QED) is 0.726. The predicted octanol–water partition coefficient (Wildman–Crippen LogP) is 1.63. The summed E-state index contributed by atoms with van der Waals surface area (Å²) in [6.07, 6.45) is 0. The highest BCUT2D eigenvalue weighted by molar-refractivity contribution is 5.30. The lowest BCUT2D eigenvalue weighted by molar-refractivity contribution is 0.148. The summed E-state index contributed by atoms with van der Waals surface area (Å²) in [6, 6.07) is 8.72. The van der Waals surface area contributed by atoms with E-state index in [0.717, 1.165) is 45.9 Å². The highest BCUT2D eigenvalue weighted by atomic mass is 16.5. The van der Waals surface area contributed by atoms with Crippen molar-refractivity contribution < 1.29 is 4.74 Å². The summed E-state index contributed by atoms with van der Waals surface area (Å²) in [5.74, 6) is 0. The molecule has 0 spiro atoms. The van der Waals surface area contributed by atoms with E-state index in [2.05, 4.69) is 34.5 Å². The van der Waals surface area contributed by atoms with Gasteiger partial charge in [-0.25, -0.2) is 0 Å². The van der Waals surface area contributed by atoms with E-state index in [1.165, 1.54) is 11.1 Å². The number of fused-ring (bicyclic) bond motifs is 1. The number of hydrogen-bond acceptors (Lipinski definition) is 3. The molecule has 3 nitrogen and oxygen atoms in total. The molecule has 2 rings (SSSR count). The molecule has 0 saturated carbocycles. The molecule has 0 fully saturated rings. The van der Waals surface area contributed by atoms with Crippen LogP contribution in [0.15, 0.2) is 24.3 Å². The summed E-state index contributed by atoms with van der Waals surface area (Å²) in [5, 5.41) is 3.41. The van der Waals surface area contributed by atoms with Crippen LogP contribution in [0.4, 0.5) is 0 Å². The van der Waals surface area contributed by atoms with E-state index >= 15 is 0 Å². The highest BCUT2D eigenvalue weighted by Crippen LogP contribution is 2.21. The first-order valence-corrected chi connectivity index (χ1v) is 6.47. The SMILES string of the molecule is CCOCCNCCN1Cc2ccccc2C1. The Morgan fingerprint density at radius 2 is 1.88 bits per heavy atom. The molecule has 17 heavy (non-hydrogen) atoms. The molecular weight excluding hydrogens is 212 g/mol. The average molecular weight is 234 g/mol. The van der Waals surface area contributed by atoms with Crippen LogP contribution in [0.5, 0.6) is 0 Å². The fourth-order valence-corrected chi connectivity index (χ4v) is 2.21. The lowest BCUT2D eigenvalue weighted by Crippen LogP contribution is -2.30. The predicted molar refractivity (Wildman–Crippen MR) is 69.9 cm³/mol. The van der Waals surface area contributed by atoms with Crippen molar-refractivity contribution in [2.45, 2.75) is 20.0 Å². The summed E-state index contributed by atoms with van der Waals surface area (Å²) in [7, 11) is 0. The molecule has 0 atom stereocenters. The van der Waals surface area contributed by atoms with Crippen molar-refractivity contribution in [3.63, 3.8) is 0 Å². The van der Waals surface area contributed by atoms with E-state index in [1.54, 1.807) is 0 Å². The monoisotopic (exact) mass is 234 g/mol. The van der Waals surface area contributed by atoms with E-state index < -0.39 is 0 Å². The van der Waals surface area contributed by atoms with Crippen LogP contribution in [0.25, 0.3) is 0 Å². The van der Waals surface area contributed by atoms with Gasteiger partial charge in [-0.2, -0.15) is 0 Å². The molecule has 0 radical (unpaired) electrons. The number of nitrogens with zero attached hydrogens (tertiary/aromatic N) is 1. The molecule has 0 aromatic heterocycles.